The maximum absolute atomic E-state index is 12.8. The summed E-state index contributed by atoms with van der Waals surface area (Å²) in [4.78, 5) is 17.9. The summed E-state index contributed by atoms with van der Waals surface area (Å²) in [6.07, 6.45) is 8.82. The molecule has 1 aliphatic heterocycles. The Morgan fingerprint density at radius 2 is 1.85 bits per heavy atom. The average molecular weight is 452 g/mol. The fraction of sp³-hybridized carbons (Fsp3) is 0.519. The number of aryl methyl sites for hydroxylation is 1. The zero-order valence-electron chi connectivity index (χ0n) is 20.1. The van der Waals surface area contributed by atoms with Crippen molar-refractivity contribution in [1.29, 1.82) is 0 Å². The number of carbonyl (C=O) groups is 1. The molecule has 1 saturated heterocycles. The third-order valence-corrected chi connectivity index (χ3v) is 6.72. The molecule has 178 valence electrons. The first kappa shape index (κ1) is 23.6. The Labute approximate surface area is 197 Å². The Balaban J connectivity index is 1.29. The van der Waals surface area contributed by atoms with Gasteiger partial charge in [0.2, 0.25) is 0 Å². The van der Waals surface area contributed by atoms with Crippen LogP contribution in [0.4, 0.5) is 0 Å². The van der Waals surface area contributed by atoms with E-state index in [0.717, 1.165) is 99.7 Å². The Morgan fingerprint density at radius 3 is 2.52 bits per heavy atom. The molecule has 1 aromatic carbocycles. The van der Waals surface area contributed by atoms with E-state index >= 15 is 0 Å². The zero-order chi connectivity index (χ0) is 23.2. The van der Waals surface area contributed by atoms with Crippen molar-refractivity contribution in [3.05, 3.63) is 54.4 Å². The van der Waals surface area contributed by atoms with Gasteiger partial charge in [-0.25, -0.2) is 0 Å². The third-order valence-electron chi connectivity index (χ3n) is 6.72. The van der Waals surface area contributed by atoms with Gasteiger partial charge in [-0.2, -0.15) is 0 Å². The summed E-state index contributed by atoms with van der Waals surface area (Å²) in [5.74, 6) is 2.28. The molecule has 6 heteroatoms. The van der Waals surface area contributed by atoms with E-state index in [1.807, 2.05) is 25.1 Å². The normalized spacial score (nSPS) is 17.9. The predicted molar refractivity (Wildman–Crippen MR) is 133 cm³/mol. The van der Waals surface area contributed by atoms with Gasteiger partial charge in [-0.05, 0) is 44.9 Å². The first-order chi connectivity index (χ1) is 16.1. The standard InChI is InChI=1S/C27H37N3O3/c1-4-7-21(2)33-19-18-29-16-14-28(15-17-29)12-6-13-30-20-24(27(31)22-10-11-22)23-8-5-9-25(32-3)26(23)30/h4-5,7-9,20,22H,1,6,10-19H2,2-3H3/b21-7+. The molecule has 1 aromatic heterocycles. The maximum Gasteiger partial charge on any atom is 0.168 e. The molecule has 6 nitrogen and oxygen atoms in total. The minimum absolute atomic E-state index is 0.221. The van der Waals surface area contributed by atoms with Crippen molar-refractivity contribution in [1.82, 2.24) is 14.4 Å². The van der Waals surface area contributed by atoms with Crippen LogP contribution in [0.1, 0.15) is 36.5 Å². The number of fused-ring (bicyclic) bond motifs is 1. The maximum atomic E-state index is 12.8. The summed E-state index contributed by atoms with van der Waals surface area (Å²) in [6.45, 7) is 13.6. The smallest absolute Gasteiger partial charge is 0.168 e. The van der Waals surface area contributed by atoms with Crippen molar-refractivity contribution in [2.75, 3.05) is 53.0 Å². The number of allylic oxidation sites excluding steroid dienone is 3. The molecule has 1 aliphatic carbocycles. The quantitative estimate of drug-likeness (QED) is 0.273. The molecule has 2 aliphatic rings. The van der Waals surface area contributed by atoms with Crippen molar-refractivity contribution in [3.63, 3.8) is 0 Å². The van der Waals surface area contributed by atoms with Crippen LogP contribution in [0.25, 0.3) is 10.9 Å². The topological polar surface area (TPSA) is 46.9 Å². The Morgan fingerprint density at radius 1 is 1.12 bits per heavy atom. The van der Waals surface area contributed by atoms with Crippen LogP contribution in [0.3, 0.4) is 0 Å². The van der Waals surface area contributed by atoms with Crippen LogP contribution in [0.2, 0.25) is 0 Å². The molecular formula is C27H37N3O3. The number of ether oxygens (including phenoxy) is 2. The van der Waals surface area contributed by atoms with Crippen molar-refractivity contribution in [2.24, 2.45) is 5.92 Å². The van der Waals surface area contributed by atoms with E-state index in [4.69, 9.17) is 9.47 Å². The number of Topliss-reactive ketones (excluding diaryl/α,β-unsaturated/α-hetero) is 1. The van der Waals surface area contributed by atoms with Gasteiger partial charge in [0.15, 0.2) is 5.78 Å². The van der Waals surface area contributed by atoms with Gasteiger partial charge in [-0.1, -0.05) is 24.8 Å². The van der Waals surface area contributed by atoms with E-state index < -0.39 is 0 Å². The molecule has 0 bridgehead atoms. The lowest BCUT2D eigenvalue weighted by Crippen LogP contribution is -2.47. The van der Waals surface area contributed by atoms with Gasteiger partial charge in [0.25, 0.3) is 0 Å². The SMILES string of the molecule is C=C/C=C(\C)OCCN1CCN(CCCn2cc(C(=O)C3CC3)c3cccc(OC)c32)CC1. The molecule has 0 spiro atoms. The molecule has 2 fully saturated rings. The molecule has 0 atom stereocenters. The van der Waals surface area contributed by atoms with Crippen LogP contribution in [0, 0.1) is 5.92 Å². The van der Waals surface area contributed by atoms with Crippen molar-refractivity contribution < 1.29 is 14.3 Å². The van der Waals surface area contributed by atoms with Gasteiger partial charge in [-0.15, -0.1) is 0 Å². The number of carbonyl (C=O) groups excluding carboxylic acids is 1. The van der Waals surface area contributed by atoms with Crippen LogP contribution >= 0.6 is 0 Å². The van der Waals surface area contributed by atoms with Crippen LogP contribution in [-0.4, -0.2) is 73.1 Å². The molecule has 0 N–H and O–H groups in total. The van der Waals surface area contributed by atoms with Crippen LogP contribution in [0.15, 0.2) is 48.9 Å². The molecule has 4 rings (SSSR count). The second-order valence-corrected chi connectivity index (χ2v) is 9.13. The Hall–Kier alpha value is -2.57. The summed E-state index contributed by atoms with van der Waals surface area (Å²) in [6, 6.07) is 6.03. The molecule has 2 aromatic rings. The molecule has 2 heterocycles. The lowest BCUT2D eigenvalue weighted by atomic mass is 10.1. The molecule has 0 radical (unpaired) electrons. The summed E-state index contributed by atoms with van der Waals surface area (Å²) >= 11 is 0. The first-order valence-corrected chi connectivity index (χ1v) is 12.2. The number of methoxy groups -OCH3 is 1. The van der Waals surface area contributed by atoms with E-state index in [-0.39, 0.29) is 5.92 Å². The number of benzene rings is 1. The highest BCUT2D eigenvalue weighted by Gasteiger charge is 2.32. The minimum atomic E-state index is 0.221. The number of hydrogen-bond acceptors (Lipinski definition) is 5. The average Bonchev–Trinajstić information content (AvgIpc) is 3.61. The van der Waals surface area contributed by atoms with E-state index in [9.17, 15) is 4.79 Å². The number of para-hydroxylation sites is 1. The van der Waals surface area contributed by atoms with Crippen LogP contribution < -0.4 is 4.74 Å². The fourth-order valence-corrected chi connectivity index (χ4v) is 4.68. The molecule has 0 unspecified atom stereocenters. The van der Waals surface area contributed by atoms with E-state index in [2.05, 4.69) is 33.2 Å². The van der Waals surface area contributed by atoms with Crippen molar-refractivity contribution in [3.8, 4) is 5.75 Å². The lowest BCUT2D eigenvalue weighted by Gasteiger charge is -2.34. The van der Waals surface area contributed by atoms with Gasteiger partial charge in [0.05, 0.1) is 18.4 Å². The Kier molecular flexibility index (Phi) is 7.89. The number of nitrogens with zero attached hydrogens (tertiary/aromatic N) is 3. The monoisotopic (exact) mass is 451 g/mol. The highest BCUT2D eigenvalue weighted by Crippen LogP contribution is 2.37. The van der Waals surface area contributed by atoms with Gasteiger partial charge < -0.3 is 18.9 Å². The van der Waals surface area contributed by atoms with Gasteiger partial charge in [-0.3, -0.25) is 9.69 Å². The summed E-state index contributed by atoms with van der Waals surface area (Å²) in [5.41, 5.74) is 1.91. The number of rotatable bonds is 12. The first-order valence-electron chi connectivity index (χ1n) is 12.2. The second kappa shape index (κ2) is 11.0. The van der Waals surface area contributed by atoms with Crippen molar-refractivity contribution >= 4 is 16.7 Å². The zero-order valence-corrected chi connectivity index (χ0v) is 20.1. The molecule has 33 heavy (non-hydrogen) atoms. The van der Waals surface area contributed by atoms with Gasteiger partial charge in [0, 0.05) is 62.3 Å². The molecule has 1 saturated carbocycles. The summed E-state index contributed by atoms with van der Waals surface area (Å²) in [7, 11) is 1.70. The molecule has 0 amide bonds. The van der Waals surface area contributed by atoms with E-state index in [1.165, 1.54) is 0 Å². The number of ketones is 1. The highest BCUT2D eigenvalue weighted by atomic mass is 16.5. The predicted octanol–water partition coefficient (Wildman–Crippen LogP) is 4.36. The van der Waals surface area contributed by atoms with Crippen LogP contribution in [0.5, 0.6) is 5.75 Å². The van der Waals surface area contributed by atoms with Gasteiger partial charge in [0.1, 0.15) is 12.4 Å². The molecular weight excluding hydrogens is 414 g/mol. The third kappa shape index (κ3) is 5.87. The fourth-order valence-electron chi connectivity index (χ4n) is 4.68. The van der Waals surface area contributed by atoms with E-state index in [1.54, 1.807) is 13.2 Å². The number of hydrogen-bond donors (Lipinski definition) is 0. The van der Waals surface area contributed by atoms with Crippen molar-refractivity contribution in [2.45, 2.75) is 32.7 Å². The highest BCUT2D eigenvalue weighted by molar-refractivity contribution is 6.11. The summed E-state index contributed by atoms with van der Waals surface area (Å²) < 4.78 is 13.6. The Bertz CT molecular complexity index is 997. The number of piperazine rings is 1. The second-order valence-electron chi connectivity index (χ2n) is 9.13. The largest absolute Gasteiger partial charge is 0.497 e. The van der Waals surface area contributed by atoms with Gasteiger partial charge >= 0.3 is 0 Å². The number of aromatic nitrogens is 1. The minimum Gasteiger partial charge on any atom is -0.497 e. The lowest BCUT2D eigenvalue weighted by molar-refractivity contribution is 0.0969. The summed E-state index contributed by atoms with van der Waals surface area (Å²) in [5, 5.41) is 1.03. The van der Waals surface area contributed by atoms with Crippen LogP contribution in [-0.2, 0) is 11.3 Å². The van der Waals surface area contributed by atoms with E-state index in [0.29, 0.717) is 5.78 Å².